The molecule has 2 aliphatic heterocycles. The summed E-state index contributed by atoms with van der Waals surface area (Å²) in [5.41, 5.74) is 1.05. The van der Waals surface area contributed by atoms with Gasteiger partial charge in [-0.2, -0.15) is 9.36 Å². The monoisotopic (exact) mass is 428 g/mol. The van der Waals surface area contributed by atoms with Crippen LogP contribution in [0.15, 0.2) is 36.9 Å². The van der Waals surface area contributed by atoms with Gasteiger partial charge in [0.15, 0.2) is 11.5 Å². The molecule has 3 aromatic rings. The van der Waals surface area contributed by atoms with Crippen LogP contribution in [0.1, 0.15) is 12.0 Å². The van der Waals surface area contributed by atoms with Gasteiger partial charge in [0, 0.05) is 43.4 Å². The third-order valence-electron chi connectivity index (χ3n) is 5.12. The Kier molecular flexibility index (Phi) is 4.97. The number of benzene rings is 1. The number of aromatic nitrogens is 4. The molecule has 1 aromatic carbocycles. The van der Waals surface area contributed by atoms with E-state index in [0.717, 1.165) is 17.1 Å². The molecule has 11 heteroatoms. The standard InChI is InChI=1S/C19H20N6O4S/c26-13-8-14(25(9-13)19-22-18(23-30-19)24-6-5-20-10-24)17(27)21-4-3-12-1-2-15-16(7-12)29-11-28-15/h1-2,5-7,10,13-14,26H,3-4,8-9,11H2,(H,21,27)/t13-,14+/m1/s1. The van der Waals surface area contributed by atoms with Crippen molar-refractivity contribution >= 4 is 22.6 Å². The second kappa shape index (κ2) is 7.92. The van der Waals surface area contributed by atoms with Crippen molar-refractivity contribution in [3.8, 4) is 17.4 Å². The number of fused-ring (bicyclic) bond motifs is 1. The lowest BCUT2D eigenvalue weighted by Crippen LogP contribution is -2.44. The number of anilines is 1. The molecule has 1 fully saturated rings. The molecular formula is C19H20N6O4S. The number of carbonyl (C=O) groups excluding carboxylic acids is 1. The number of β-amino-alcohol motifs (C(OH)–C–C–N with tert-alkyl or cyclic N) is 1. The molecule has 0 radical (unpaired) electrons. The molecule has 2 atom stereocenters. The van der Waals surface area contributed by atoms with Gasteiger partial charge in [0.05, 0.1) is 6.10 Å². The first kappa shape index (κ1) is 18.8. The van der Waals surface area contributed by atoms with Crippen molar-refractivity contribution in [1.29, 1.82) is 0 Å². The zero-order valence-electron chi connectivity index (χ0n) is 16.0. The normalized spacial score (nSPS) is 20.0. The Balaban J connectivity index is 1.22. The highest BCUT2D eigenvalue weighted by atomic mass is 32.1. The highest BCUT2D eigenvalue weighted by Gasteiger charge is 2.37. The summed E-state index contributed by atoms with van der Waals surface area (Å²) >= 11 is 1.20. The molecule has 4 heterocycles. The predicted molar refractivity (Wildman–Crippen MR) is 108 cm³/mol. The Morgan fingerprint density at radius 3 is 3.10 bits per heavy atom. The molecule has 0 saturated carbocycles. The fourth-order valence-electron chi connectivity index (χ4n) is 3.63. The number of nitrogens with zero attached hydrogens (tertiary/aromatic N) is 5. The first-order chi connectivity index (χ1) is 14.7. The van der Waals surface area contributed by atoms with Gasteiger partial charge >= 0.3 is 0 Å². The third kappa shape index (κ3) is 3.68. The van der Waals surface area contributed by atoms with Gasteiger partial charge < -0.3 is 24.8 Å². The summed E-state index contributed by atoms with van der Waals surface area (Å²) in [6, 6.07) is 5.28. The molecule has 2 aromatic heterocycles. The van der Waals surface area contributed by atoms with Gasteiger partial charge in [-0.25, -0.2) is 4.98 Å². The SMILES string of the molecule is O=C(NCCc1ccc2c(c1)OCO2)[C@@H]1C[C@@H](O)CN1c1nc(-n2ccnc2)ns1. The van der Waals surface area contributed by atoms with Crippen molar-refractivity contribution in [2.75, 3.05) is 24.8 Å². The van der Waals surface area contributed by atoms with Crippen molar-refractivity contribution in [1.82, 2.24) is 24.2 Å². The quantitative estimate of drug-likeness (QED) is 0.591. The van der Waals surface area contributed by atoms with Gasteiger partial charge in [-0.05, 0) is 24.1 Å². The van der Waals surface area contributed by atoms with Crippen LogP contribution in [0.25, 0.3) is 5.95 Å². The van der Waals surface area contributed by atoms with Crippen LogP contribution in [0.3, 0.4) is 0 Å². The second-order valence-electron chi connectivity index (χ2n) is 7.13. The predicted octanol–water partition coefficient (Wildman–Crippen LogP) is 0.751. The van der Waals surface area contributed by atoms with Gasteiger partial charge in [-0.3, -0.25) is 9.36 Å². The van der Waals surface area contributed by atoms with Crippen LogP contribution < -0.4 is 19.7 Å². The lowest BCUT2D eigenvalue weighted by atomic mass is 10.1. The molecule has 1 saturated heterocycles. The summed E-state index contributed by atoms with van der Waals surface area (Å²) in [6.07, 6.45) is 5.46. The van der Waals surface area contributed by atoms with Crippen LogP contribution in [0.4, 0.5) is 5.13 Å². The minimum atomic E-state index is -0.588. The number of aliphatic hydroxyl groups excluding tert-OH is 1. The van der Waals surface area contributed by atoms with Crippen LogP contribution >= 0.6 is 11.5 Å². The molecule has 1 amide bonds. The van der Waals surface area contributed by atoms with E-state index in [1.807, 2.05) is 23.1 Å². The van der Waals surface area contributed by atoms with Crippen LogP contribution in [-0.2, 0) is 11.2 Å². The maximum Gasteiger partial charge on any atom is 0.248 e. The smallest absolute Gasteiger partial charge is 0.248 e. The number of aliphatic hydroxyl groups is 1. The molecule has 0 aliphatic carbocycles. The van der Waals surface area contributed by atoms with Gasteiger partial charge in [0.1, 0.15) is 12.4 Å². The van der Waals surface area contributed by atoms with E-state index in [-0.39, 0.29) is 12.7 Å². The molecule has 156 valence electrons. The topological polar surface area (TPSA) is 115 Å². The fourth-order valence-corrected chi connectivity index (χ4v) is 4.35. The third-order valence-corrected chi connectivity index (χ3v) is 5.86. The summed E-state index contributed by atoms with van der Waals surface area (Å²) in [5, 5.41) is 13.7. The summed E-state index contributed by atoms with van der Waals surface area (Å²) < 4.78 is 16.7. The first-order valence-electron chi connectivity index (χ1n) is 9.60. The Hall–Kier alpha value is -3.18. The Labute approximate surface area is 176 Å². The zero-order chi connectivity index (χ0) is 20.5. The van der Waals surface area contributed by atoms with Crippen molar-refractivity contribution in [3.05, 3.63) is 42.5 Å². The summed E-state index contributed by atoms with van der Waals surface area (Å²) in [4.78, 5) is 23.1. The van der Waals surface area contributed by atoms with Crippen LogP contribution in [0.2, 0.25) is 0 Å². The highest BCUT2D eigenvalue weighted by molar-refractivity contribution is 7.09. The molecule has 0 unspecified atom stereocenters. The highest BCUT2D eigenvalue weighted by Crippen LogP contribution is 2.32. The number of rotatable bonds is 6. The number of carbonyl (C=O) groups is 1. The maximum atomic E-state index is 12.8. The summed E-state index contributed by atoms with van der Waals surface area (Å²) in [5.74, 6) is 1.84. The van der Waals surface area contributed by atoms with Gasteiger partial charge in [0.25, 0.3) is 0 Å². The van der Waals surface area contributed by atoms with Crippen LogP contribution in [0, 0.1) is 0 Å². The molecular weight excluding hydrogens is 408 g/mol. The largest absolute Gasteiger partial charge is 0.454 e. The average molecular weight is 428 g/mol. The van der Waals surface area contributed by atoms with Crippen molar-refractivity contribution in [2.24, 2.45) is 0 Å². The summed E-state index contributed by atoms with van der Waals surface area (Å²) in [7, 11) is 0. The van der Waals surface area contributed by atoms with E-state index in [0.29, 0.717) is 37.0 Å². The number of ether oxygens (including phenoxy) is 2. The number of nitrogens with one attached hydrogen (secondary N) is 1. The number of amides is 1. The molecule has 0 spiro atoms. The molecule has 10 nitrogen and oxygen atoms in total. The Morgan fingerprint density at radius 1 is 1.33 bits per heavy atom. The molecule has 30 heavy (non-hydrogen) atoms. The van der Waals surface area contributed by atoms with Gasteiger partial charge in [-0.1, -0.05) is 6.07 Å². The van der Waals surface area contributed by atoms with E-state index in [1.54, 1.807) is 23.3 Å². The zero-order valence-corrected chi connectivity index (χ0v) is 16.8. The van der Waals surface area contributed by atoms with E-state index >= 15 is 0 Å². The molecule has 5 rings (SSSR count). The lowest BCUT2D eigenvalue weighted by molar-refractivity contribution is -0.122. The minimum Gasteiger partial charge on any atom is -0.454 e. The molecule has 2 N–H and O–H groups in total. The van der Waals surface area contributed by atoms with Crippen LogP contribution in [-0.4, -0.2) is 62.0 Å². The number of hydrogen-bond acceptors (Lipinski definition) is 9. The van der Waals surface area contributed by atoms with Gasteiger partial charge in [0.2, 0.25) is 23.8 Å². The number of hydrogen-bond donors (Lipinski definition) is 2. The Morgan fingerprint density at radius 2 is 2.23 bits per heavy atom. The first-order valence-corrected chi connectivity index (χ1v) is 10.4. The number of imidazole rings is 1. The average Bonchev–Trinajstić information content (AvgIpc) is 3.52. The second-order valence-corrected chi connectivity index (χ2v) is 7.86. The van der Waals surface area contributed by atoms with Crippen LogP contribution in [0.5, 0.6) is 11.5 Å². The summed E-state index contributed by atoms with van der Waals surface area (Å²) in [6.45, 7) is 1.07. The van der Waals surface area contributed by atoms with E-state index in [9.17, 15) is 9.90 Å². The van der Waals surface area contributed by atoms with E-state index in [1.165, 1.54) is 11.5 Å². The maximum absolute atomic E-state index is 12.8. The van der Waals surface area contributed by atoms with Gasteiger partial charge in [-0.15, -0.1) is 0 Å². The van der Waals surface area contributed by atoms with E-state index in [2.05, 4.69) is 19.7 Å². The van der Waals surface area contributed by atoms with Crippen molar-refractivity contribution in [2.45, 2.75) is 25.0 Å². The van der Waals surface area contributed by atoms with Crippen molar-refractivity contribution in [3.63, 3.8) is 0 Å². The Bertz CT molecular complexity index is 1040. The van der Waals surface area contributed by atoms with E-state index < -0.39 is 12.1 Å². The molecule has 2 aliphatic rings. The van der Waals surface area contributed by atoms with Crippen molar-refractivity contribution < 1.29 is 19.4 Å². The molecule has 0 bridgehead atoms. The fraction of sp³-hybridized carbons (Fsp3) is 0.368. The van der Waals surface area contributed by atoms with E-state index in [4.69, 9.17) is 9.47 Å². The minimum absolute atomic E-state index is 0.133. The lowest BCUT2D eigenvalue weighted by Gasteiger charge is -2.22.